The molecule has 0 spiro atoms. The molecule has 2 heterocycles. The number of aromatic hydroxyl groups is 1. The zero-order valence-corrected chi connectivity index (χ0v) is 58.2. The van der Waals surface area contributed by atoms with Gasteiger partial charge in [-0.25, -0.2) is 37.5 Å². The van der Waals surface area contributed by atoms with Gasteiger partial charge in [0, 0.05) is 52.4 Å². The number of amides is 4. The molecule has 5 N–H and O–H groups in total. The summed E-state index contributed by atoms with van der Waals surface area (Å²) >= 11 is 6.06. The van der Waals surface area contributed by atoms with Crippen LogP contribution in [0, 0.1) is 34.1 Å². The van der Waals surface area contributed by atoms with E-state index in [1.807, 2.05) is 66.7 Å². The van der Waals surface area contributed by atoms with E-state index in [1.165, 1.54) is 86.5 Å². The van der Waals surface area contributed by atoms with Crippen molar-refractivity contribution in [1.29, 1.82) is 0 Å². The maximum atomic E-state index is 15.2. The van der Waals surface area contributed by atoms with E-state index >= 15 is 4.39 Å². The van der Waals surface area contributed by atoms with Gasteiger partial charge in [-0.3, -0.25) is 24.0 Å². The summed E-state index contributed by atoms with van der Waals surface area (Å²) in [5.74, 6) is -3.06. The van der Waals surface area contributed by atoms with Crippen molar-refractivity contribution in [2.45, 2.75) is 38.9 Å². The molecule has 28 heteroatoms. The van der Waals surface area contributed by atoms with Gasteiger partial charge in [0.2, 0.25) is 29.5 Å². The summed E-state index contributed by atoms with van der Waals surface area (Å²) in [6, 6.07) is 44.3. The van der Waals surface area contributed by atoms with Gasteiger partial charge in [-0.05, 0) is 122 Å². The molecule has 0 saturated heterocycles. The largest absolute Gasteiger partial charge is 1.00 e. The minimum Gasteiger partial charge on any atom is -1.00 e. The molecule has 21 nitrogen and oxygen atoms in total. The van der Waals surface area contributed by atoms with Gasteiger partial charge in [-0.1, -0.05) is 72.3 Å². The van der Waals surface area contributed by atoms with Crippen molar-refractivity contribution < 1.29 is 185 Å². The van der Waals surface area contributed by atoms with Crippen LogP contribution in [0.5, 0.6) is 40.4 Å². The van der Waals surface area contributed by atoms with Crippen molar-refractivity contribution in [3.05, 3.63) is 222 Å². The number of nitrogens with one attached hydrogen (secondary N) is 4. The number of hydrogen-bond donors (Lipinski definition) is 5. The van der Waals surface area contributed by atoms with Crippen LogP contribution in [-0.2, 0) is 42.1 Å². The average Bonchev–Trinajstić information content (AvgIpc) is 1.43. The number of phenols is 1. The van der Waals surface area contributed by atoms with E-state index in [9.17, 15) is 32.3 Å². The Hall–Kier alpha value is -8.17. The number of aromatic nitrogens is 4. The number of ether oxygens (including phenoxy) is 5. The van der Waals surface area contributed by atoms with Crippen molar-refractivity contribution in [3.63, 3.8) is 0 Å². The van der Waals surface area contributed by atoms with Crippen LogP contribution in [0.2, 0.25) is 5.15 Å². The summed E-state index contributed by atoms with van der Waals surface area (Å²) < 4.78 is 83.0. The number of nitrogens with zero attached hydrogens (tertiary/aromatic N) is 4. The summed E-state index contributed by atoms with van der Waals surface area (Å²) in [6.07, 6.45) is 4.12. The van der Waals surface area contributed by atoms with Gasteiger partial charge in [-0.15, -0.1) is 0 Å². The van der Waals surface area contributed by atoms with Crippen LogP contribution >= 0.6 is 11.6 Å². The summed E-state index contributed by atoms with van der Waals surface area (Å²) in [7, 11) is 3.10. The Labute approximate surface area is 631 Å². The second-order valence-corrected chi connectivity index (χ2v) is 20.9. The number of anilines is 4. The van der Waals surface area contributed by atoms with Crippen LogP contribution in [0.25, 0.3) is 21.8 Å². The van der Waals surface area contributed by atoms with E-state index in [2.05, 4.69) is 46.1 Å². The number of benzene rings is 8. The molecule has 8 aromatic carbocycles. The molecule has 4 amide bonds. The van der Waals surface area contributed by atoms with Gasteiger partial charge in [0.05, 0.1) is 30.6 Å². The molecule has 0 bridgehead atoms. The predicted octanol–water partition coefficient (Wildman–Crippen LogP) is 6.10. The Kier molecular flexibility index (Phi) is 27.4. The minimum absolute atomic E-state index is 0. The molecule has 0 atom stereocenters. The first-order valence-electron chi connectivity index (χ1n) is 28.0. The first-order valence-corrected chi connectivity index (χ1v) is 28.4. The Morgan fingerprint density at radius 2 is 0.926 bits per heavy atom. The summed E-state index contributed by atoms with van der Waals surface area (Å²) in [6.45, 7) is 0.604. The molecule has 2 aromatic heterocycles. The van der Waals surface area contributed by atoms with E-state index < -0.39 is 63.5 Å². The van der Waals surface area contributed by atoms with Gasteiger partial charge < -0.3 is 61.6 Å². The number of carbonyl (C=O) groups excluding carboxylic acids is 5. The second-order valence-electron chi connectivity index (χ2n) is 20.5. The van der Waals surface area contributed by atoms with Crippen molar-refractivity contribution in [3.8, 4) is 40.4 Å². The first kappa shape index (κ1) is 74.2. The molecule has 2 aliphatic rings. The Bertz CT molecular complexity index is 4330. The maximum Gasteiger partial charge on any atom is 1.00 e. The molecule has 0 unspecified atom stereocenters. The number of carbonyl (C=O) groups is 5. The molecule has 95 heavy (non-hydrogen) atoms. The molecule has 478 valence electrons. The van der Waals surface area contributed by atoms with Crippen LogP contribution in [-0.4, -0.2) is 69.4 Å². The predicted molar refractivity (Wildman–Crippen MR) is 332 cm³/mol. The number of rotatable bonds is 19. The third-order valence-corrected chi connectivity index (χ3v) is 14.6. The molecule has 0 radical (unpaired) electrons. The van der Waals surface area contributed by atoms with Crippen LogP contribution < -0.4 is 153 Å². The number of halogens is 5. The molecule has 2 aliphatic carbocycles. The Balaban J connectivity index is 0.000000237. The SMILES string of the molecule is COc1cc2c(Cl)ncnc2cc1OCc1ccccc1.COc1cc2c(Oc3ccc(NC(=O)C4(C(=O)Nc5ccc(F)cc5)CC4)cc3F)ncnc2cc1OCc1ccccc1.O=C(Nc1ccc(F)cc1)C1(C(=O)Nc2ccc(O)c(F)c2)CC1.O=CO[O-].[H-].[K+].[K+]. The van der Waals surface area contributed by atoms with Gasteiger partial charge in [0.25, 0.3) is 6.47 Å². The van der Waals surface area contributed by atoms with Crippen molar-refractivity contribution in [1.82, 2.24) is 19.9 Å². The maximum absolute atomic E-state index is 15.2. The number of fused-ring (bicyclic) bond motifs is 2. The topological polar surface area (TPSA) is 284 Å². The monoisotopic (exact) mass is 1370 g/mol. The van der Waals surface area contributed by atoms with Crippen molar-refractivity contribution >= 4 is 86.3 Å². The van der Waals surface area contributed by atoms with Crippen LogP contribution in [0.1, 0.15) is 38.2 Å². The normalized spacial score (nSPS) is 12.4. The fourth-order valence-corrected chi connectivity index (χ4v) is 9.15. The molecular formula is C67H55ClF4K2N8O13. The zero-order valence-electron chi connectivity index (χ0n) is 52.2. The standard InChI is InChI=1S/C33H26F2N4O5.C17H14F2N2O3.C16H13ClN2O2.CH2O3.2K.H/c1-42-28-16-24-26(17-29(28)43-18-20-5-3-2-4-6-20)36-19-37-30(24)44-27-12-11-23(15-25(27)35)39-32(41)33(13-14-33)31(40)38-22-9-7-21(34)8-10-22;18-10-1-3-11(4-2-10)20-15(23)17(7-8-17)16(24)21-12-5-6-14(22)13(19)9-12;1-20-14-7-12-13(18-10-19-16(12)17)8-15(14)21-9-11-5-3-2-4-6-11;2-1-4-3;;;/h2-12,15-17,19H,13-14,18H2,1H3,(H,38,40)(H,39,41);1-6,9,22H,7-8H2,(H,20,23)(H,21,24);2-8,10H,9H2,1H3;1,3H;;;/q;;;;2*+1;-1/p-1. The average molecular weight is 1370 g/mol. The summed E-state index contributed by atoms with van der Waals surface area (Å²) in [4.78, 5) is 78.4. The van der Waals surface area contributed by atoms with E-state index in [-0.39, 0.29) is 134 Å². The summed E-state index contributed by atoms with van der Waals surface area (Å²) in [5, 5.41) is 29.5. The van der Waals surface area contributed by atoms with Gasteiger partial charge in [0.15, 0.2) is 46.1 Å². The number of methoxy groups -OCH3 is 2. The molecule has 10 aromatic rings. The van der Waals surface area contributed by atoms with Crippen LogP contribution in [0.3, 0.4) is 0 Å². The van der Waals surface area contributed by atoms with E-state index in [0.717, 1.165) is 40.2 Å². The molecule has 12 rings (SSSR count). The van der Waals surface area contributed by atoms with E-state index in [1.54, 1.807) is 25.3 Å². The van der Waals surface area contributed by atoms with Crippen LogP contribution in [0.15, 0.2) is 183 Å². The molecule has 0 aliphatic heterocycles. The fraction of sp³-hybridized carbons (Fsp3) is 0.149. The van der Waals surface area contributed by atoms with Gasteiger partial charge in [0.1, 0.15) is 53.5 Å². The molecule has 2 saturated carbocycles. The van der Waals surface area contributed by atoms with Crippen molar-refractivity contribution in [2.75, 3.05) is 35.5 Å². The number of phenolic OH excluding ortho intramolecular Hbond substituents is 1. The minimum atomic E-state index is -1.29. The number of hydrogen-bond acceptors (Lipinski definition) is 17. The summed E-state index contributed by atoms with van der Waals surface area (Å²) in [5.41, 5.74) is 1.83. The Morgan fingerprint density at radius 3 is 1.35 bits per heavy atom. The van der Waals surface area contributed by atoms with Crippen molar-refractivity contribution in [2.24, 2.45) is 10.8 Å². The molecule has 2 fully saturated rings. The smallest absolute Gasteiger partial charge is 1.00 e. The van der Waals surface area contributed by atoms with E-state index in [4.69, 9.17) is 50.4 Å². The van der Waals surface area contributed by atoms with Crippen LogP contribution in [0.4, 0.5) is 40.3 Å². The quantitative estimate of drug-likeness (QED) is 0.00894. The fourth-order valence-electron chi connectivity index (χ4n) is 8.95. The second kappa shape index (κ2) is 35.0. The van der Waals surface area contributed by atoms with Gasteiger partial charge in [-0.2, -0.15) is 0 Å². The third kappa shape index (κ3) is 19.7. The Morgan fingerprint density at radius 1 is 0.526 bits per heavy atom. The molecular weight excluding hydrogens is 1310 g/mol. The zero-order chi connectivity index (χ0) is 66.1. The van der Waals surface area contributed by atoms with Gasteiger partial charge >= 0.3 is 103 Å². The first-order chi connectivity index (χ1) is 44.9. The van der Waals surface area contributed by atoms with E-state index in [0.29, 0.717) is 89.3 Å². The third-order valence-electron chi connectivity index (χ3n) is 14.3.